The first-order valence-corrected chi connectivity index (χ1v) is 6.65. The maximum absolute atomic E-state index is 9.70. The van der Waals surface area contributed by atoms with Crippen LogP contribution in [0.4, 0.5) is 0 Å². The van der Waals surface area contributed by atoms with E-state index in [0.717, 1.165) is 25.7 Å². The van der Waals surface area contributed by atoms with Crippen molar-refractivity contribution in [1.82, 2.24) is 5.32 Å². The van der Waals surface area contributed by atoms with Gasteiger partial charge in [0.2, 0.25) is 0 Å². The normalized spacial score (nSPS) is 28.1. The zero-order chi connectivity index (χ0) is 10.7. The van der Waals surface area contributed by atoms with E-state index in [9.17, 15) is 5.11 Å². The summed E-state index contributed by atoms with van der Waals surface area (Å²) in [5.74, 6) is 0. The van der Waals surface area contributed by atoms with Crippen molar-refractivity contribution in [3.63, 3.8) is 0 Å². The van der Waals surface area contributed by atoms with Gasteiger partial charge in [-0.1, -0.05) is 0 Å². The van der Waals surface area contributed by atoms with E-state index in [0.29, 0.717) is 12.1 Å². The summed E-state index contributed by atoms with van der Waals surface area (Å²) in [4.78, 5) is 0. The van der Waals surface area contributed by atoms with E-state index < -0.39 is 0 Å². The molecule has 0 bridgehead atoms. The molecule has 3 atom stereocenters. The maximum atomic E-state index is 9.70. The van der Waals surface area contributed by atoms with Gasteiger partial charge < -0.3 is 10.4 Å². The van der Waals surface area contributed by atoms with Gasteiger partial charge in [0.1, 0.15) is 0 Å². The summed E-state index contributed by atoms with van der Waals surface area (Å²) in [6.45, 7) is 2.20. The van der Waals surface area contributed by atoms with Gasteiger partial charge in [0, 0.05) is 12.1 Å². The summed E-state index contributed by atoms with van der Waals surface area (Å²) in [5.41, 5.74) is 1.40. The third kappa shape index (κ3) is 3.03. The van der Waals surface area contributed by atoms with Crippen molar-refractivity contribution >= 4 is 11.3 Å². The lowest BCUT2D eigenvalue weighted by Gasteiger charge is -2.21. The average Bonchev–Trinajstić information content (AvgIpc) is 2.79. The molecule has 0 aromatic carbocycles. The quantitative estimate of drug-likeness (QED) is 0.823. The number of hydrogen-bond donors (Lipinski definition) is 2. The summed E-state index contributed by atoms with van der Waals surface area (Å²) in [6, 6.07) is 2.95. The molecule has 1 unspecified atom stereocenters. The number of aliphatic hydroxyl groups excluding tert-OH is 1. The second-order valence-corrected chi connectivity index (χ2v) is 5.29. The smallest absolute Gasteiger partial charge is 0.0693 e. The van der Waals surface area contributed by atoms with Crippen LogP contribution in [0.25, 0.3) is 0 Å². The summed E-state index contributed by atoms with van der Waals surface area (Å²) in [6.07, 6.45) is 4.17. The number of aliphatic hydroxyl groups is 1. The van der Waals surface area contributed by atoms with Gasteiger partial charge in [-0.3, -0.25) is 0 Å². The highest BCUT2D eigenvalue weighted by Gasteiger charge is 2.25. The lowest BCUT2D eigenvalue weighted by molar-refractivity contribution is 0.144. The Morgan fingerprint density at radius 1 is 1.60 bits per heavy atom. The Labute approximate surface area is 95.3 Å². The lowest BCUT2D eigenvalue weighted by atomic mass is 10.1. The molecule has 2 rings (SSSR count). The summed E-state index contributed by atoms with van der Waals surface area (Å²) in [5, 5.41) is 17.5. The Kier molecular flexibility index (Phi) is 3.78. The summed E-state index contributed by atoms with van der Waals surface area (Å²) < 4.78 is 0. The fourth-order valence-electron chi connectivity index (χ4n) is 2.32. The summed E-state index contributed by atoms with van der Waals surface area (Å²) in [7, 11) is 0. The van der Waals surface area contributed by atoms with Crippen LogP contribution in [-0.4, -0.2) is 23.3 Å². The molecule has 3 heteroatoms. The molecule has 1 aromatic heterocycles. The van der Waals surface area contributed by atoms with Crippen molar-refractivity contribution < 1.29 is 5.11 Å². The molecule has 0 spiro atoms. The van der Waals surface area contributed by atoms with Crippen molar-refractivity contribution in [2.45, 2.75) is 50.8 Å². The van der Waals surface area contributed by atoms with Crippen LogP contribution in [0.3, 0.4) is 0 Å². The minimum Gasteiger partial charge on any atom is -0.392 e. The molecule has 0 amide bonds. The van der Waals surface area contributed by atoms with E-state index in [1.165, 1.54) is 5.56 Å². The topological polar surface area (TPSA) is 32.3 Å². The molecule has 0 aliphatic heterocycles. The Morgan fingerprint density at radius 3 is 3.07 bits per heavy atom. The molecule has 2 nitrogen and oxygen atoms in total. The molecule has 0 radical (unpaired) electrons. The SMILES string of the molecule is CC(Cc1ccsc1)N[C@H]1CCC[C@@H]1O. The van der Waals surface area contributed by atoms with Gasteiger partial charge in [0.25, 0.3) is 0 Å². The van der Waals surface area contributed by atoms with E-state index in [4.69, 9.17) is 0 Å². The fourth-order valence-corrected chi connectivity index (χ4v) is 3.00. The van der Waals surface area contributed by atoms with Crippen molar-refractivity contribution in [3.05, 3.63) is 22.4 Å². The first kappa shape index (κ1) is 11.1. The van der Waals surface area contributed by atoms with Crippen LogP contribution in [0.5, 0.6) is 0 Å². The molecular weight excluding hydrogens is 206 g/mol. The average molecular weight is 225 g/mol. The second-order valence-electron chi connectivity index (χ2n) is 4.51. The molecule has 0 saturated heterocycles. The third-order valence-electron chi connectivity index (χ3n) is 3.10. The number of thiophene rings is 1. The number of rotatable bonds is 4. The van der Waals surface area contributed by atoms with Crippen molar-refractivity contribution in [2.24, 2.45) is 0 Å². The van der Waals surface area contributed by atoms with Crippen molar-refractivity contribution in [1.29, 1.82) is 0 Å². The molecule has 1 aliphatic rings. The number of nitrogens with one attached hydrogen (secondary N) is 1. The second kappa shape index (κ2) is 5.10. The molecule has 1 fully saturated rings. The minimum atomic E-state index is -0.130. The van der Waals surface area contributed by atoms with Crippen LogP contribution in [0.1, 0.15) is 31.7 Å². The lowest BCUT2D eigenvalue weighted by Crippen LogP contribution is -2.42. The Bertz CT molecular complexity index is 286. The highest BCUT2D eigenvalue weighted by atomic mass is 32.1. The van der Waals surface area contributed by atoms with Gasteiger partial charge in [0.15, 0.2) is 0 Å². The van der Waals surface area contributed by atoms with Gasteiger partial charge in [0.05, 0.1) is 6.10 Å². The van der Waals surface area contributed by atoms with E-state index >= 15 is 0 Å². The Hall–Kier alpha value is -0.380. The largest absolute Gasteiger partial charge is 0.392 e. The van der Waals surface area contributed by atoms with Crippen LogP contribution >= 0.6 is 11.3 Å². The first-order chi connectivity index (χ1) is 7.25. The van der Waals surface area contributed by atoms with Crippen LogP contribution in [0.2, 0.25) is 0 Å². The molecule has 1 heterocycles. The Morgan fingerprint density at radius 2 is 2.47 bits per heavy atom. The first-order valence-electron chi connectivity index (χ1n) is 5.71. The van der Waals surface area contributed by atoms with Crippen molar-refractivity contribution in [3.8, 4) is 0 Å². The third-order valence-corrected chi connectivity index (χ3v) is 3.83. The number of hydrogen-bond acceptors (Lipinski definition) is 3. The van der Waals surface area contributed by atoms with E-state index in [1.54, 1.807) is 11.3 Å². The monoisotopic (exact) mass is 225 g/mol. The van der Waals surface area contributed by atoms with Gasteiger partial charge in [-0.25, -0.2) is 0 Å². The van der Waals surface area contributed by atoms with Gasteiger partial charge >= 0.3 is 0 Å². The standard InChI is InChI=1S/C12H19NOS/c1-9(7-10-5-6-15-8-10)13-11-3-2-4-12(11)14/h5-6,8-9,11-14H,2-4,7H2,1H3/t9?,11-,12-/m0/s1. The molecule has 1 aliphatic carbocycles. The molecule has 2 N–H and O–H groups in total. The maximum Gasteiger partial charge on any atom is 0.0693 e. The zero-order valence-electron chi connectivity index (χ0n) is 9.15. The van der Waals surface area contributed by atoms with Crippen molar-refractivity contribution in [2.75, 3.05) is 0 Å². The molecule has 84 valence electrons. The van der Waals surface area contributed by atoms with Gasteiger partial charge in [-0.2, -0.15) is 11.3 Å². The highest BCUT2D eigenvalue weighted by Crippen LogP contribution is 2.19. The molecule has 1 aromatic rings. The highest BCUT2D eigenvalue weighted by molar-refractivity contribution is 7.07. The minimum absolute atomic E-state index is 0.130. The van der Waals surface area contributed by atoms with Crippen LogP contribution in [-0.2, 0) is 6.42 Å². The van der Waals surface area contributed by atoms with Gasteiger partial charge in [-0.15, -0.1) is 0 Å². The predicted molar refractivity (Wildman–Crippen MR) is 64.3 cm³/mol. The summed E-state index contributed by atoms with van der Waals surface area (Å²) >= 11 is 1.75. The zero-order valence-corrected chi connectivity index (χ0v) is 9.96. The van der Waals surface area contributed by atoms with Crippen LogP contribution in [0.15, 0.2) is 16.8 Å². The van der Waals surface area contributed by atoms with E-state index in [-0.39, 0.29) is 6.10 Å². The van der Waals surface area contributed by atoms with Crippen LogP contribution in [0, 0.1) is 0 Å². The predicted octanol–water partition coefficient (Wildman–Crippen LogP) is 2.18. The molecule has 15 heavy (non-hydrogen) atoms. The van der Waals surface area contributed by atoms with E-state index in [2.05, 4.69) is 29.1 Å². The fraction of sp³-hybridized carbons (Fsp3) is 0.667. The van der Waals surface area contributed by atoms with Crippen LogP contribution < -0.4 is 5.32 Å². The molecule has 1 saturated carbocycles. The van der Waals surface area contributed by atoms with Gasteiger partial charge in [-0.05, 0) is 55.0 Å². The van der Waals surface area contributed by atoms with E-state index in [1.807, 2.05) is 0 Å². The molecular formula is C12H19NOS. The Balaban J connectivity index is 1.79.